The number of hydrogen-bond donors (Lipinski definition) is 1. The van der Waals surface area contributed by atoms with Crippen LogP contribution < -0.4 is 0 Å². The molecule has 0 aromatic rings. The van der Waals surface area contributed by atoms with Crippen molar-refractivity contribution in [3.05, 3.63) is 0 Å². The molecular weight excluding hydrogens is 411 g/mol. The van der Waals surface area contributed by atoms with E-state index in [4.69, 9.17) is 9.47 Å². The van der Waals surface area contributed by atoms with Gasteiger partial charge in [-0.15, -0.1) is 0 Å². The number of hydrogen-bond acceptors (Lipinski definition) is 5. The molecule has 1 unspecified atom stereocenters. The number of aliphatic hydroxyl groups excluding tert-OH is 1. The van der Waals surface area contributed by atoms with Crippen LogP contribution in [-0.2, 0) is 19.1 Å². The van der Waals surface area contributed by atoms with Gasteiger partial charge in [0.2, 0.25) is 0 Å². The molecule has 130 valence electrons. The van der Waals surface area contributed by atoms with Gasteiger partial charge in [0.05, 0.1) is 12.0 Å². The van der Waals surface area contributed by atoms with Gasteiger partial charge in [-0.3, -0.25) is 9.59 Å². The lowest BCUT2D eigenvalue weighted by Gasteiger charge is -2.56. The van der Waals surface area contributed by atoms with Gasteiger partial charge in [0.25, 0.3) is 0 Å². The van der Waals surface area contributed by atoms with Crippen LogP contribution in [0, 0.1) is 29.1 Å². The number of fused-ring (bicyclic) bond motifs is 3. The molecule has 1 N–H and O–H groups in total. The van der Waals surface area contributed by atoms with Crippen LogP contribution in [0.15, 0.2) is 0 Å². The molecule has 0 aromatic carbocycles. The smallest absolute Gasteiger partial charge is 0.309 e. The zero-order valence-electron chi connectivity index (χ0n) is 13.8. The van der Waals surface area contributed by atoms with E-state index >= 15 is 0 Å². The molecule has 0 aromatic heterocycles. The fourth-order valence-electron chi connectivity index (χ4n) is 5.21. The molecule has 0 spiro atoms. The average Bonchev–Trinajstić information content (AvgIpc) is 2.78. The second kappa shape index (κ2) is 6.17. The molecule has 1 saturated heterocycles. The average molecular weight is 436 g/mol. The highest BCUT2D eigenvalue weighted by Gasteiger charge is 2.62. The summed E-state index contributed by atoms with van der Waals surface area (Å²) >= 11 is 2.39. The normalized spacial score (nSPS) is 49.1. The molecule has 0 bridgehead atoms. The Balaban J connectivity index is 1.93. The number of carbonyl (C=O) groups excluding carboxylic acids is 2. The van der Waals surface area contributed by atoms with Crippen molar-refractivity contribution < 1.29 is 24.2 Å². The first-order valence-electron chi connectivity index (χ1n) is 8.42. The summed E-state index contributed by atoms with van der Waals surface area (Å²) in [4.78, 5) is 23.4. The SMILES string of the molecule is CC(=O)O[C@H]1C[C@]2(CI)CCC3[C@H](C)C(=O)O[C@@H]3[C@H]2[C@H](C)[C@H]1O. The van der Waals surface area contributed by atoms with Gasteiger partial charge >= 0.3 is 11.9 Å². The van der Waals surface area contributed by atoms with Gasteiger partial charge in [-0.2, -0.15) is 0 Å². The Morgan fingerprint density at radius 1 is 1.48 bits per heavy atom. The topological polar surface area (TPSA) is 72.8 Å². The van der Waals surface area contributed by atoms with Crippen LogP contribution in [0.3, 0.4) is 0 Å². The highest BCUT2D eigenvalue weighted by atomic mass is 127. The minimum atomic E-state index is -0.701. The standard InChI is InChI=1S/C17H25IO5/c1-8-11-4-5-17(7-18)6-12(22-10(3)19)14(20)9(2)13(17)15(11)23-16(8)21/h8-9,11-15,20H,4-7H2,1-3H3/t8-,9-,11?,12-,13+,14+,15-,17-/m0/s1. The lowest BCUT2D eigenvalue weighted by atomic mass is 9.52. The van der Waals surface area contributed by atoms with Gasteiger partial charge in [-0.25, -0.2) is 0 Å². The van der Waals surface area contributed by atoms with E-state index in [0.717, 1.165) is 17.3 Å². The van der Waals surface area contributed by atoms with Gasteiger partial charge in [0.15, 0.2) is 0 Å². The zero-order chi connectivity index (χ0) is 16.9. The number of ether oxygens (including phenoxy) is 2. The summed E-state index contributed by atoms with van der Waals surface area (Å²) in [7, 11) is 0. The molecule has 1 heterocycles. The Kier molecular flexibility index (Phi) is 4.68. The molecule has 5 nitrogen and oxygen atoms in total. The minimum Gasteiger partial charge on any atom is -0.462 e. The molecule has 2 aliphatic carbocycles. The minimum absolute atomic E-state index is 0.0369. The van der Waals surface area contributed by atoms with Crippen molar-refractivity contribution in [2.45, 2.75) is 58.3 Å². The molecule has 8 atom stereocenters. The molecule has 0 amide bonds. The molecule has 3 rings (SSSR count). The van der Waals surface area contributed by atoms with Crippen molar-refractivity contribution in [3.8, 4) is 0 Å². The van der Waals surface area contributed by atoms with E-state index in [9.17, 15) is 14.7 Å². The van der Waals surface area contributed by atoms with E-state index < -0.39 is 12.2 Å². The van der Waals surface area contributed by atoms with Crippen LogP contribution in [0.2, 0.25) is 0 Å². The fraction of sp³-hybridized carbons (Fsp3) is 0.882. The summed E-state index contributed by atoms with van der Waals surface area (Å²) < 4.78 is 12.1. The van der Waals surface area contributed by atoms with Gasteiger partial charge in [0, 0.05) is 23.2 Å². The van der Waals surface area contributed by atoms with Gasteiger partial charge < -0.3 is 14.6 Å². The van der Waals surface area contributed by atoms with Gasteiger partial charge in [-0.05, 0) is 30.6 Å². The van der Waals surface area contributed by atoms with Crippen molar-refractivity contribution in [2.75, 3.05) is 4.43 Å². The molecule has 6 heteroatoms. The fourth-order valence-corrected chi connectivity index (χ4v) is 6.42. The third kappa shape index (κ3) is 2.69. The van der Waals surface area contributed by atoms with E-state index in [1.807, 2.05) is 13.8 Å². The number of halogens is 1. The maximum Gasteiger partial charge on any atom is 0.309 e. The van der Waals surface area contributed by atoms with Gasteiger partial charge in [0.1, 0.15) is 12.2 Å². The van der Waals surface area contributed by atoms with Crippen LogP contribution in [0.4, 0.5) is 0 Å². The van der Waals surface area contributed by atoms with E-state index in [2.05, 4.69) is 22.6 Å². The van der Waals surface area contributed by atoms with Gasteiger partial charge in [-0.1, -0.05) is 36.4 Å². The van der Waals surface area contributed by atoms with E-state index in [-0.39, 0.29) is 47.1 Å². The highest BCUT2D eigenvalue weighted by molar-refractivity contribution is 14.1. The van der Waals surface area contributed by atoms with Crippen LogP contribution in [-0.4, -0.2) is 39.8 Å². The molecule has 23 heavy (non-hydrogen) atoms. The Morgan fingerprint density at radius 3 is 2.78 bits per heavy atom. The number of carbonyl (C=O) groups is 2. The van der Waals surface area contributed by atoms with E-state index in [1.165, 1.54) is 6.92 Å². The number of esters is 2. The number of rotatable bonds is 2. The van der Waals surface area contributed by atoms with Crippen LogP contribution in [0.25, 0.3) is 0 Å². The monoisotopic (exact) mass is 436 g/mol. The predicted molar refractivity (Wildman–Crippen MR) is 91.9 cm³/mol. The Bertz CT molecular complexity index is 509. The quantitative estimate of drug-likeness (QED) is 0.409. The van der Waals surface area contributed by atoms with Crippen molar-refractivity contribution in [2.24, 2.45) is 29.1 Å². The maximum absolute atomic E-state index is 12.0. The Morgan fingerprint density at radius 2 is 2.17 bits per heavy atom. The van der Waals surface area contributed by atoms with Crippen molar-refractivity contribution >= 4 is 34.5 Å². The lowest BCUT2D eigenvalue weighted by Crippen LogP contribution is -2.60. The number of alkyl halides is 1. The molecule has 2 saturated carbocycles. The summed E-state index contributed by atoms with van der Waals surface area (Å²) in [6.07, 6.45) is 1.35. The summed E-state index contributed by atoms with van der Waals surface area (Å²) in [6, 6.07) is 0. The Hall–Kier alpha value is -0.370. The Labute approximate surface area is 150 Å². The first-order valence-corrected chi connectivity index (χ1v) is 9.95. The maximum atomic E-state index is 12.0. The third-order valence-corrected chi connectivity index (χ3v) is 7.92. The summed E-state index contributed by atoms with van der Waals surface area (Å²) in [6.45, 7) is 5.35. The molecular formula is C17H25IO5. The van der Waals surface area contributed by atoms with Crippen LogP contribution >= 0.6 is 22.6 Å². The van der Waals surface area contributed by atoms with Crippen LogP contribution in [0.1, 0.15) is 40.0 Å². The van der Waals surface area contributed by atoms with Crippen molar-refractivity contribution in [1.82, 2.24) is 0 Å². The lowest BCUT2D eigenvalue weighted by molar-refractivity contribution is -0.191. The second-order valence-corrected chi connectivity index (χ2v) is 8.38. The second-order valence-electron chi connectivity index (χ2n) is 7.62. The molecule has 3 aliphatic rings. The third-order valence-electron chi connectivity index (χ3n) is 6.40. The summed E-state index contributed by atoms with van der Waals surface area (Å²) in [5, 5.41) is 10.7. The first-order chi connectivity index (χ1) is 10.8. The molecule has 3 fully saturated rings. The van der Waals surface area contributed by atoms with E-state index in [0.29, 0.717) is 6.42 Å². The van der Waals surface area contributed by atoms with Crippen LogP contribution in [0.5, 0.6) is 0 Å². The van der Waals surface area contributed by atoms with Crippen molar-refractivity contribution in [1.29, 1.82) is 0 Å². The first kappa shape index (κ1) is 17.5. The van der Waals surface area contributed by atoms with Crippen molar-refractivity contribution in [3.63, 3.8) is 0 Å². The molecule has 1 aliphatic heterocycles. The predicted octanol–water partition coefficient (Wildman–Crippen LogP) is 2.33. The largest absolute Gasteiger partial charge is 0.462 e. The number of aliphatic hydroxyl groups is 1. The highest BCUT2D eigenvalue weighted by Crippen LogP contribution is 2.59. The summed E-state index contributed by atoms with van der Waals surface area (Å²) in [5.74, 6) is -0.181. The summed E-state index contributed by atoms with van der Waals surface area (Å²) in [5.41, 5.74) is -0.0369. The van der Waals surface area contributed by atoms with E-state index in [1.54, 1.807) is 0 Å². The zero-order valence-corrected chi connectivity index (χ0v) is 16.0. The molecule has 0 radical (unpaired) electrons.